The van der Waals surface area contributed by atoms with Crippen molar-refractivity contribution in [2.24, 2.45) is 5.73 Å². The lowest BCUT2D eigenvalue weighted by atomic mass is 10.2. The summed E-state index contributed by atoms with van der Waals surface area (Å²) in [6.45, 7) is 1.43. The molecule has 4 unspecified atom stereocenters. The molecular weight excluding hydrogens is 424 g/mol. The standard InChI is InChI=1S/C16H30N4O5S3/c1-9(13(21)19-11(16(24)25)5-7-28-3)18-15(23)12(8-26)20-14(22)10(17)4-6-27-2/h9-12,26H,4-8,17H2,1-3H3,(H,18,23)(H,19,21)(H,20,22)(H,24,25). The third-order valence-corrected chi connectivity index (χ3v) is 5.42. The highest BCUT2D eigenvalue weighted by Crippen LogP contribution is 2.02. The Hall–Kier alpha value is -1.11. The van der Waals surface area contributed by atoms with E-state index < -0.39 is 47.9 Å². The van der Waals surface area contributed by atoms with Gasteiger partial charge >= 0.3 is 5.97 Å². The number of thioether (sulfide) groups is 2. The first-order valence-corrected chi connectivity index (χ1v) is 12.1. The van der Waals surface area contributed by atoms with E-state index in [1.807, 2.05) is 12.5 Å². The summed E-state index contributed by atoms with van der Waals surface area (Å²) in [4.78, 5) is 47.8. The Bertz CT molecular complexity index is 538. The van der Waals surface area contributed by atoms with Crippen LogP contribution in [-0.4, -0.2) is 82.7 Å². The Kier molecular flexibility index (Phi) is 14.2. The van der Waals surface area contributed by atoms with Crippen molar-refractivity contribution < 1.29 is 24.3 Å². The SMILES string of the molecule is CSCCC(N)C(=O)NC(CS)C(=O)NC(C)C(=O)NC(CCSC)C(=O)O. The number of carboxylic acids is 1. The molecule has 0 aliphatic heterocycles. The maximum absolute atomic E-state index is 12.3. The second-order valence-corrected chi connectivity index (χ2v) is 8.38. The van der Waals surface area contributed by atoms with Gasteiger partial charge in [0.05, 0.1) is 6.04 Å². The highest BCUT2D eigenvalue weighted by atomic mass is 32.2. The Morgan fingerprint density at radius 1 is 0.929 bits per heavy atom. The molecule has 0 aromatic heterocycles. The molecule has 28 heavy (non-hydrogen) atoms. The quantitative estimate of drug-likeness (QED) is 0.189. The first kappa shape index (κ1) is 26.9. The predicted octanol–water partition coefficient (Wildman–Crippen LogP) is -0.691. The number of thiol groups is 1. The number of amides is 3. The molecule has 0 heterocycles. The monoisotopic (exact) mass is 454 g/mol. The van der Waals surface area contributed by atoms with Gasteiger partial charge in [0.1, 0.15) is 18.1 Å². The Morgan fingerprint density at radius 2 is 1.46 bits per heavy atom. The van der Waals surface area contributed by atoms with Crippen molar-refractivity contribution >= 4 is 59.8 Å². The number of nitrogens with one attached hydrogen (secondary N) is 3. The van der Waals surface area contributed by atoms with E-state index in [1.54, 1.807) is 11.8 Å². The van der Waals surface area contributed by atoms with Crippen LogP contribution in [0.1, 0.15) is 19.8 Å². The lowest BCUT2D eigenvalue weighted by Crippen LogP contribution is -2.57. The van der Waals surface area contributed by atoms with Gasteiger partial charge in [-0.25, -0.2) is 4.79 Å². The van der Waals surface area contributed by atoms with Gasteiger partial charge in [-0.05, 0) is 43.8 Å². The number of carbonyl (C=O) groups is 4. The van der Waals surface area contributed by atoms with Crippen molar-refractivity contribution in [1.82, 2.24) is 16.0 Å². The van der Waals surface area contributed by atoms with Crippen molar-refractivity contribution in [3.63, 3.8) is 0 Å². The molecule has 0 radical (unpaired) electrons. The van der Waals surface area contributed by atoms with Crippen LogP contribution >= 0.6 is 36.2 Å². The van der Waals surface area contributed by atoms with E-state index in [-0.39, 0.29) is 12.2 Å². The highest BCUT2D eigenvalue weighted by Gasteiger charge is 2.27. The topological polar surface area (TPSA) is 151 Å². The molecule has 0 aromatic rings. The van der Waals surface area contributed by atoms with E-state index in [1.165, 1.54) is 18.7 Å². The summed E-state index contributed by atoms with van der Waals surface area (Å²) in [7, 11) is 0. The molecule has 0 rings (SSSR count). The Balaban J connectivity index is 4.71. The molecule has 9 nitrogen and oxygen atoms in total. The molecule has 0 aliphatic rings. The first-order valence-electron chi connectivity index (χ1n) is 8.66. The van der Waals surface area contributed by atoms with Gasteiger partial charge in [0.15, 0.2) is 0 Å². The van der Waals surface area contributed by atoms with E-state index in [0.717, 1.165) is 0 Å². The third-order valence-electron chi connectivity index (χ3n) is 3.76. The van der Waals surface area contributed by atoms with Gasteiger partial charge in [-0.3, -0.25) is 14.4 Å². The van der Waals surface area contributed by atoms with Crippen LogP contribution < -0.4 is 21.7 Å². The van der Waals surface area contributed by atoms with Crippen LogP contribution in [0.25, 0.3) is 0 Å². The summed E-state index contributed by atoms with van der Waals surface area (Å²) in [5.41, 5.74) is 5.78. The number of rotatable bonds is 14. The molecule has 0 saturated carbocycles. The lowest BCUT2D eigenvalue weighted by molar-refractivity contribution is -0.142. The molecule has 3 amide bonds. The highest BCUT2D eigenvalue weighted by molar-refractivity contribution is 7.98. The van der Waals surface area contributed by atoms with Gasteiger partial charge < -0.3 is 26.8 Å². The normalized spacial score (nSPS) is 15.0. The third kappa shape index (κ3) is 10.4. The van der Waals surface area contributed by atoms with Gasteiger partial charge in [0, 0.05) is 5.75 Å². The van der Waals surface area contributed by atoms with Crippen molar-refractivity contribution in [2.75, 3.05) is 29.8 Å². The maximum atomic E-state index is 12.3. The molecule has 6 N–H and O–H groups in total. The second kappa shape index (κ2) is 14.8. The minimum Gasteiger partial charge on any atom is -0.480 e. The zero-order chi connectivity index (χ0) is 21.7. The fourth-order valence-electron chi connectivity index (χ4n) is 2.02. The number of hydrogen-bond acceptors (Lipinski definition) is 8. The van der Waals surface area contributed by atoms with Gasteiger partial charge in [0.25, 0.3) is 0 Å². The van der Waals surface area contributed by atoms with Crippen LogP contribution in [0.5, 0.6) is 0 Å². The largest absolute Gasteiger partial charge is 0.480 e. The maximum Gasteiger partial charge on any atom is 0.326 e. The molecule has 162 valence electrons. The number of aliphatic carboxylic acids is 1. The Morgan fingerprint density at radius 3 is 1.96 bits per heavy atom. The molecule has 12 heteroatoms. The summed E-state index contributed by atoms with van der Waals surface area (Å²) < 4.78 is 0. The zero-order valence-corrected chi connectivity index (χ0v) is 18.8. The minimum absolute atomic E-state index is 0.0205. The van der Waals surface area contributed by atoms with Crippen LogP contribution in [0, 0.1) is 0 Å². The summed E-state index contributed by atoms with van der Waals surface area (Å²) in [5, 5.41) is 16.5. The molecule has 0 fully saturated rings. The predicted molar refractivity (Wildman–Crippen MR) is 117 cm³/mol. The van der Waals surface area contributed by atoms with Gasteiger partial charge in [-0.1, -0.05) is 0 Å². The summed E-state index contributed by atoms with van der Waals surface area (Å²) in [6, 6.07) is -3.71. The van der Waals surface area contributed by atoms with Gasteiger partial charge in [-0.2, -0.15) is 36.2 Å². The molecule has 4 atom stereocenters. The van der Waals surface area contributed by atoms with Crippen molar-refractivity contribution in [1.29, 1.82) is 0 Å². The average molecular weight is 455 g/mol. The number of hydrogen-bond donors (Lipinski definition) is 6. The van der Waals surface area contributed by atoms with E-state index in [0.29, 0.717) is 17.9 Å². The van der Waals surface area contributed by atoms with Gasteiger partial charge in [-0.15, -0.1) is 0 Å². The fourth-order valence-corrected chi connectivity index (χ4v) is 3.24. The Labute approximate surface area is 179 Å². The second-order valence-electron chi connectivity index (χ2n) is 6.04. The summed E-state index contributed by atoms with van der Waals surface area (Å²) >= 11 is 7.09. The smallest absolute Gasteiger partial charge is 0.326 e. The number of carbonyl (C=O) groups excluding carboxylic acids is 3. The molecule has 0 aromatic carbocycles. The summed E-state index contributed by atoms with van der Waals surface area (Å²) in [6.07, 6.45) is 4.48. The van der Waals surface area contributed by atoms with Crippen molar-refractivity contribution in [3.8, 4) is 0 Å². The molecular formula is C16H30N4O5S3. The fraction of sp³-hybridized carbons (Fsp3) is 0.750. The van der Waals surface area contributed by atoms with Crippen molar-refractivity contribution in [3.05, 3.63) is 0 Å². The van der Waals surface area contributed by atoms with Crippen LogP contribution in [0.4, 0.5) is 0 Å². The van der Waals surface area contributed by atoms with Gasteiger partial charge in [0.2, 0.25) is 17.7 Å². The van der Waals surface area contributed by atoms with Crippen LogP contribution in [0.3, 0.4) is 0 Å². The minimum atomic E-state index is -1.14. The first-order chi connectivity index (χ1) is 13.2. The number of carboxylic acid groups (broad SMARTS) is 1. The van der Waals surface area contributed by atoms with E-state index in [2.05, 4.69) is 28.6 Å². The zero-order valence-electron chi connectivity index (χ0n) is 16.3. The van der Waals surface area contributed by atoms with Crippen LogP contribution in [0.2, 0.25) is 0 Å². The molecule has 0 bridgehead atoms. The van der Waals surface area contributed by atoms with Crippen LogP contribution in [-0.2, 0) is 19.2 Å². The average Bonchev–Trinajstić information content (AvgIpc) is 2.66. The van der Waals surface area contributed by atoms with E-state index >= 15 is 0 Å². The van der Waals surface area contributed by atoms with E-state index in [9.17, 15) is 19.2 Å². The molecule has 0 spiro atoms. The summed E-state index contributed by atoms with van der Waals surface area (Å²) in [5.74, 6) is -1.52. The van der Waals surface area contributed by atoms with Crippen molar-refractivity contribution in [2.45, 2.75) is 43.9 Å². The van der Waals surface area contributed by atoms with Crippen LogP contribution in [0.15, 0.2) is 0 Å². The van der Waals surface area contributed by atoms with E-state index in [4.69, 9.17) is 10.8 Å². The number of nitrogens with two attached hydrogens (primary N) is 1. The molecule has 0 aliphatic carbocycles. The lowest BCUT2D eigenvalue weighted by Gasteiger charge is -2.22. The molecule has 0 saturated heterocycles.